The van der Waals surface area contributed by atoms with Crippen molar-refractivity contribution in [1.29, 1.82) is 0 Å². The first-order chi connectivity index (χ1) is 18.6. The number of pyridine rings is 1. The van der Waals surface area contributed by atoms with Crippen LogP contribution in [0.4, 0.5) is 4.39 Å². The number of amides is 1. The number of nitrogens with one attached hydrogen (secondary N) is 3. The molecule has 2 aliphatic rings. The maximum atomic E-state index is 15.3. The van der Waals surface area contributed by atoms with Crippen molar-refractivity contribution in [3.05, 3.63) is 72.3 Å². The predicted octanol–water partition coefficient (Wildman–Crippen LogP) is 5.13. The molecule has 10 heteroatoms. The first-order valence-electron chi connectivity index (χ1n) is 12.6. The fourth-order valence-corrected chi connectivity index (χ4v) is 4.98. The molecule has 1 aromatic carbocycles. The second-order valence-corrected chi connectivity index (χ2v) is 9.65. The third-order valence-electron chi connectivity index (χ3n) is 7.04. The van der Waals surface area contributed by atoms with Crippen LogP contribution in [-0.2, 0) is 4.79 Å². The van der Waals surface area contributed by atoms with E-state index in [2.05, 4.69) is 37.3 Å². The Kier molecular flexibility index (Phi) is 5.14. The molecule has 5 aromatic rings. The van der Waals surface area contributed by atoms with Gasteiger partial charge in [-0.05, 0) is 47.9 Å². The molecule has 190 valence electrons. The zero-order valence-corrected chi connectivity index (χ0v) is 20.6. The number of hydrogen-bond acceptors (Lipinski definition) is 6. The highest BCUT2D eigenvalue weighted by Crippen LogP contribution is 2.37. The molecule has 0 saturated carbocycles. The molecule has 0 aliphatic carbocycles. The molecule has 9 nitrogen and oxygen atoms in total. The maximum absolute atomic E-state index is 15.3. The summed E-state index contributed by atoms with van der Waals surface area (Å²) in [6.07, 6.45) is 11.2. The fraction of sp³-hybridized carbons (Fsp3) is 0.214. The lowest BCUT2D eigenvalue weighted by Crippen LogP contribution is -2.27. The highest BCUT2D eigenvalue weighted by molar-refractivity contribution is 5.98. The van der Waals surface area contributed by atoms with Gasteiger partial charge in [-0.25, -0.2) is 9.37 Å². The number of aromatic nitrogens is 5. The van der Waals surface area contributed by atoms with E-state index in [9.17, 15) is 4.79 Å². The summed E-state index contributed by atoms with van der Waals surface area (Å²) < 4.78 is 20.5. The first-order valence-corrected chi connectivity index (χ1v) is 12.6. The van der Waals surface area contributed by atoms with E-state index in [-0.39, 0.29) is 17.5 Å². The van der Waals surface area contributed by atoms with Crippen molar-refractivity contribution in [2.45, 2.75) is 32.2 Å². The Bertz CT molecular complexity index is 1760. The molecule has 0 radical (unpaired) electrons. The third kappa shape index (κ3) is 3.76. The van der Waals surface area contributed by atoms with Crippen molar-refractivity contribution in [1.82, 2.24) is 35.4 Å². The number of carbonyl (C=O) groups is 1. The van der Waals surface area contributed by atoms with Crippen molar-refractivity contribution in [2.75, 3.05) is 6.54 Å². The highest BCUT2D eigenvalue weighted by atomic mass is 19.1. The third-order valence-corrected chi connectivity index (χ3v) is 7.04. The van der Waals surface area contributed by atoms with E-state index in [1.807, 2.05) is 30.5 Å². The van der Waals surface area contributed by atoms with Crippen molar-refractivity contribution < 1.29 is 13.6 Å². The van der Waals surface area contributed by atoms with E-state index >= 15 is 4.39 Å². The SMILES string of the molecule is CCCCC(=O)NC1=CC(c2cc(F)c3n[nH]c(-c4nc5c(-c6ccoc6)nccc5[nH]4)c3c2)=CN2CC12. The summed E-state index contributed by atoms with van der Waals surface area (Å²) >= 11 is 0. The van der Waals surface area contributed by atoms with E-state index in [1.165, 1.54) is 6.07 Å². The Morgan fingerprint density at radius 3 is 3.03 bits per heavy atom. The monoisotopic (exact) mass is 509 g/mol. The average Bonchev–Trinajstić information content (AvgIpc) is 3.28. The summed E-state index contributed by atoms with van der Waals surface area (Å²) in [5, 5.41) is 10.9. The number of benzene rings is 1. The van der Waals surface area contributed by atoms with Crippen LogP contribution in [0.5, 0.6) is 0 Å². The van der Waals surface area contributed by atoms with E-state index in [0.717, 1.165) is 41.7 Å². The van der Waals surface area contributed by atoms with Crippen LogP contribution in [0.2, 0.25) is 0 Å². The molecule has 3 N–H and O–H groups in total. The summed E-state index contributed by atoms with van der Waals surface area (Å²) in [4.78, 5) is 27.1. The average molecular weight is 510 g/mol. The lowest BCUT2D eigenvalue weighted by molar-refractivity contribution is -0.120. The fourth-order valence-electron chi connectivity index (χ4n) is 4.98. The van der Waals surface area contributed by atoms with Crippen molar-refractivity contribution >= 4 is 33.4 Å². The predicted molar refractivity (Wildman–Crippen MR) is 141 cm³/mol. The molecule has 1 fully saturated rings. The van der Waals surface area contributed by atoms with Gasteiger partial charge in [-0.2, -0.15) is 5.10 Å². The van der Waals surface area contributed by atoms with Gasteiger partial charge in [0.1, 0.15) is 22.4 Å². The molecule has 38 heavy (non-hydrogen) atoms. The van der Waals surface area contributed by atoms with Gasteiger partial charge in [0, 0.05) is 42.0 Å². The van der Waals surface area contributed by atoms with Crippen LogP contribution in [0.25, 0.3) is 50.3 Å². The summed E-state index contributed by atoms with van der Waals surface area (Å²) in [5.74, 6) is 0.103. The molecule has 7 rings (SSSR count). The minimum Gasteiger partial charge on any atom is -0.472 e. The van der Waals surface area contributed by atoms with Gasteiger partial charge in [0.2, 0.25) is 5.91 Å². The number of imidazole rings is 1. The summed E-state index contributed by atoms with van der Waals surface area (Å²) in [6.45, 7) is 2.89. The standard InChI is InChI=1S/C28H24FN7O2/c1-2-3-4-23(37)31-21-11-17(12-36-13-22(21)36)16-9-18-25(19(29)10-16)34-35-26(18)28-32-20-5-7-30-24(27(20)33-28)15-6-8-38-14-15/h5-12,14,22H,2-4,13H2,1H3,(H,31,37)(H,32,33)(H,34,35). The number of nitrogens with zero attached hydrogens (tertiary/aromatic N) is 4. The minimum absolute atomic E-state index is 0.0131. The Labute approximate surface area is 216 Å². The maximum Gasteiger partial charge on any atom is 0.224 e. The van der Waals surface area contributed by atoms with Gasteiger partial charge in [-0.3, -0.25) is 14.9 Å². The highest BCUT2D eigenvalue weighted by Gasteiger charge is 2.38. The summed E-state index contributed by atoms with van der Waals surface area (Å²) in [7, 11) is 0. The molecule has 1 saturated heterocycles. The Hall–Kier alpha value is -4.73. The lowest BCUT2D eigenvalue weighted by Gasteiger charge is -2.16. The van der Waals surface area contributed by atoms with Crippen LogP contribution in [0.1, 0.15) is 31.7 Å². The Balaban J connectivity index is 1.28. The molecule has 6 heterocycles. The quantitative estimate of drug-likeness (QED) is 0.262. The number of halogens is 1. The molecule has 4 aromatic heterocycles. The van der Waals surface area contributed by atoms with Gasteiger partial charge in [0.25, 0.3) is 0 Å². The van der Waals surface area contributed by atoms with Crippen LogP contribution < -0.4 is 5.32 Å². The van der Waals surface area contributed by atoms with Crippen molar-refractivity contribution in [3.63, 3.8) is 0 Å². The molecule has 2 aliphatic heterocycles. The van der Waals surface area contributed by atoms with Gasteiger partial charge >= 0.3 is 0 Å². The van der Waals surface area contributed by atoms with Gasteiger partial charge in [-0.1, -0.05) is 13.3 Å². The summed E-state index contributed by atoms with van der Waals surface area (Å²) in [6, 6.07) is 7.23. The van der Waals surface area contributed by atoms with E-state index in [4.69, 9.17) is 9.40 Å². The van der Waals surface area contributed by atoms with E-state index in [1.54, 1.807) is 18.7 Å². The minimum atomic E-state index is -0.437. The van der Waals surface area contributed by atoms with Gasteiger partial charge in [0.05, 0.1) is 24.1 Å². The molecular formula is C28H24FN7O2. The zero-order chi connectivity index (χ0) is 25.8. The largest absolute Gasteiger partial charge is 0.472 e. The van der Waals surface area contributed by atoms with Crippen LogP contribution in [0.3, 0.4) is 0 Å². The van der Waals surface area contributed by atoms with Crippen LogP contribution in [0.15, 0.2) is 65.4 Å². The molecule has 1 unspecified atom stereocenters. The molecule has 1 amide bonds. The van der Waals surface area contributed by atoms with Gasteiger partial charge < -0.3 is 19.6 Å². The number of unbranched alkanes of at least 4 members (excludes halogenated alkanes) is 1. The van der Waals surface area contributed by atoms with Crippen molar-refractivity contribution in [3.8, 4) is 22.8 Å². The second-order valence-electron chi connectivity index (χ2n) is 9.65. The number of allylic oxidation sites excluding steroid dienone is 2. The van der Waals surface area contributed by atoms with E-state index < -0.39 is 5.82 Å². The number of hydrogen-bond donors (Lipinski definition) is 3. The van der Waals surface area contributed by atoms with Gasteiger partial charge in [-0.15, -0.1) is 0 Å². The number of carbonyl (C=O) groups excluding carboxylic acids is 1. The van der Waals surface area contributed by atoms with Crippen molar-refractivity contribution in [2.24, 2.45) is 0 Å². The topological polar surface area (TPSA) is 116 Å². The smallest absolute Gasteiger partial charge is 0.224 e. The number of H-pyrrole nitrogens is 2. The zero-order valence-electron chi connectivity index (χ0n) is 20.6. The van der Waals surface area contributed by atoms with Crippen LogP contribution in [0, 0.1) is 5.82 Å². The molecule has 0 bridgehead atoms. The first kappa shape index (κ1) is 22.5. The lowest BCUT2D eigenvalue weighted by atomic mass is 10.0. The number of aromatic amines is 2. The second kappa shape index (κ2) is 8.69. The number of rotatable bonds is 7. The Morgan fingerprint density at radius 2 is 2.18 bits per heavy atom. The van der Waals surface area contributed by atoms with Crippen LogP contribution >= 0.6 is 0 Å². The number of fused-ring (bicyclic) bond motifs is 3. The molecular weight excluding hydrogens is 485 g/mol. The van der Waals surface area contributed by atoms with E-state index in [0.29, 0.717) is 40.1 Å². The summed E-state index contributed by atoms with van der Waals surface area (Å²) in [5.41, 5.74) is 6.16. The Morgan fingerprint density at radius 1 is 1.26 bits per heavy atom. The van der Waals surface area contributed by atoms with Gasteiger partial charge in [0.15, 0.2) is 11.6 Å². The number of furan rings is 1. The molecule has 1 atom stereocenters. The molecule has 0 spiro atoms. The van der Waals surface area contributed by atoms with Crippen LogP contribution in [-0.4, -0.2) is 48.5 Å². The normalized spacial score (nSPS) is 16.5.